The highest BCUT2D eigenvalue weighted by atomic mass is 14.8. The van der Waals surface area contributed by atoms with Crippen LogP contribution in [0.4, 0.5) is 0 Å². The maximum atomic E-state index is 3.67. The third-order valence-corrected chi connectivity index (χ3v) is 3.44. The van der Waals surface area contributed by atoms with Gasteiger partial charge in [0.25, 0.3) is 0 Å². The molecule has 1 N–H and O–H groups in total. The normalized spacial score (nSPS) is 14.1. The van der Waals surface area contributed by atoms with Crippen LogP contribution in [0, 0.1) is 6.92 Å². The third kappa shape index (κ3) is 2.81. The Labute approximate surface area is 113 Å². The van der Waals surface area contributed by atoms with Gasteiger partial charge in [-0.2, -0.15) is 0 Å². The lowest BCUT2D eigenvalue weighted by molar-refractivity contribution is 0.501. The number of aryl methyl sites for hydroxylation is 1. The molecule has 0 fully saturated rings. The quantitative estimate of drug-likeness (QED) is 0.649. The molecule has 1 aromatic rings. The first-order valence-electron chi connectivity index (χ1n) is 7.00. The maximum Gasteiger partial charge on any atom is 0.0244 e. The van der Waals surface area contributed by atoms with Gasteiger partial charge in [0.2, 0.25) is 0 Å². The Bertz CT molecular complexity index is 428. The average molecular weight is 249 g/mol. The lowest BCUT2D eigenvalue weighted by Gasteiger charge is -2.31. The number of hydrogen-bond acceptors (Lipinski definition) is 0. The predicted molar refractivity (Wildman–Crippen MR) is 81.6 cm³/mol. The Morgan fingerprint density at radius 1 is 0.611 bits per heavy atom. The number of aromatic nitrogens is 1. The average Bonchev–Trinajstić information content (AvgIpc) is 2.39. The Hall–Kier alpha value is -0.720. The molecular formula is C17H31N. The number of nitrogens with one attached hydrogen (secondary N) is 1. The summed E-state index contributed by atoms with van der Waals surface area (Å²) in [5, 5.41) is 0. The fourth-order valence-corrected chi connectivity index (χ4v) is 2.88. The van der Waals surface area contributed by atoms with Gasteiger partial charge in [0.15, 0.2) is 0 Å². The summed E-state index contributed by atoms with van der Waals surface area (Å²) in [6, 6.07) is 0. The molecule has 0 aliphatic carbocycles. The predicted octanol–water partition coefficient (Wildman–Crippen LogP) is 5.22. The van der Waals surface area contributed by atoms with E-state index < -0.39 is 0 Å². The zero-order valence-corrected chi connectivity index (χ0v) is 14.0. The second kappa shape index (κ2) is 4.15. The lowest BCUT2D eigenvalue weighted by Crippen LogP contribution is -2.25. The number of hydrogen-bond donors (Lipinski definition) is 1. The van der Waals surface area contributed by atoms with E-state index in [9.17, 15) is 0 Å². The van der Waals surface area contributed by atoms with Gasteiger partial charge in [0.05, 0.1) is 0 Å². The first-order chi connectivity index (χ1) is 7.76. The summed E-state index contributed by atoms with van der Waals surface area (Å²) < 4.78 is 0. The highest BCUT2D eigenvalue weighted by Gasteiger charge is 2.34. The Morgan fingerprint density at radius 2 is 1.00 bits per heavy atom. The topological polar surface area (TPSA) is 15.8 Å². The fraction of sp³-hybridized carbons (Fsp3) is 0.765. The molecule has 0 unspecified atom stereocenters. The van der Waals surface area contributed by atoms with E-state index in [1.54, 1.807) is 0 Å². The van der Waals surface area contributed by atoms with Crippen LogP contribution in [0.15, 0.2) is 0 Å². The van der Waals surface area contributed by atoms with Crippen LogP contribution in [0.3, 0.4) is 0 Å². The first-order valence-corrected chi connectivity index (χ1v) is 7.00. The van der Waals surface area contributed by atoms with E-state index >= 15 is 0 Å². The van der Waals surface area contributed by atoms with Gasteiger partial charge in [-0.3, -0.25) is 0 Å². The van der Waals surface area contributed by atoms with E-state index in [2.05, 4.69) is 74.2 Å². The molecule has 0 amide bonds. The molecule has 0 aromatic carbocycles. The SMILES string of the molecule is Cc1[nH]c(C(C)(C)C)c(C(C)(C)C)c1C(C)(C)C. The molecule has 1 aromatic heterocycles. The largest absolute Gasteiger partial charge is 0.362 e. The minimum Gasteiger partial charge on any atom is -0.362 e. The summed E-state index contributed by atoms with van der Waals surface area (Å²) in [5.74, 6) is 0. The number of H-pyrrole nitrogens is 1. The van der Waals surface area contributed by atoms with Crippen molar-refractivity contribution in [1.82, 2.24) is 4.98 Å². The van der Waals surface area contributed by atoms with E-state index in [-0.39, 0.29) is 16.2 Å². The van der Waals surface area contributed by atoms with E-state index in [0.717, 1.165) is 0 Å². The Kier molecular flexibility index (Phi) is 3.53. The Balaban J connectivity index is 3.70. The smallest absolute Gasteiger partial charge is 0.0244 e. The molecule has 1 nitrogen and oxygen atoms in total. The van der Waals surface area contributed by atoms with Gasteiger partial charge in [-0.05, 0) is 28.9 Å². The van der Waals surface area contributed by atoms with Crippen molar-refractivity contribution in [2.75, 3.05) is 0 Å². The summed E-state index contributed by atoms with van der Waals surface area (Å²) in [5.41, 5.74) is 6.27. The minimum absolute atomic E-state index is 0.164. The van der Waals surface area contributed by atoms with Gasteiger partial charge in [-0.1, -0.05) is 62.3 Å². The van der Waals surface area contributed by atoms with Crippen LogP contribution in [-0.2, 0) is 16.2 Å². The molecular weight excluding hydrogens is 218 g/mol. The van der Waals surface area contributed by atoms with Crippen LogP contribution < -0.4 is 0 Å². The second-order valence-corrected chi connectivity index (χ2v) is 8.62. The number of aromatic amines is 1. The van der Waals surface area contributed by atoms with Crippen LogP contribution in [0.5, 0.6) is 0 Å². The van der Waals surface area contributed by atoms with Gasteiger partial charge in [-0.25, -0.2) is 0 Å². The van der Waals surface area contributed by atoms with Crippen molar-refractivity contribution in [1.29, 1.82) is 0 Å². The monoisotopic (exact) mass is 249 g/mol. The highest BCUT2D eigenvalue weighted by Crippen LogP contribution is 2.42. The van der Waals surface area contributed by atoms with Gasteiger partial charge in [0, 0.05) is 16.8 Å². The summed E-state index contributed by atoms with van der Waals surface area (Å²) >= 11 is 0. The van der Waals surface area contributed by atoms with Crippen LogP contribution >= 0.6 is 0 Å². The molecule has 18 heavy (non-hydrogen) atoms. The van der Waals surface area contributed by atoms with E-state index in [1.165, 1.54) is 22.5 Å². The van der Waals surface area contributed by atoms with Crippen LogP contribution in [0.1, 0.15) is 84.8 Å². The van der Waals surface area contributed by atoms with Crippen molar-refractivity contribution >= 4 is 0 Å². The molecule has 0 saturated heterocycles. The minimum atomic E-state index is 0.164. The maximum absolute atomic E-state index is 3.67. The molecule has 1 rings (SSSR count). The van der Waals surface area contributed by atoms with Crippen LogP contribution in [-0.4, -0.2) is 4.98 Å². The van der Waals surface area contributed by atoms with Gasteiger partial charge in [0.1, 0.15) is 0 Å². The van der Waals surface area contributed by atoms with E-state index in [1.807, 2.05) is 0 Å². The number of rotatable bonds is 0. The fourth-order valence-electron chi connectivity index (χ4n) is 2.88. The highest BCUT2D eigenvalue weighted by molar-refractivity contribution is 5.47. The standard InChI is InChI=1S/C17H31N/c1-11-12(15(2,3)4)13(16(5,6)7)14(18-11)17(8,9)10/h18H,1-10H3. The van der Waals surface area contributed by atoms with Crippen molar-refractivity contribution < 1.29 is 0 Å². The van der Waals surface area contributed by atoms with E-state index in [0.29, 0.717) is 0 Å². The molecule has 0 aliphatic heterocycles. The van der Waals surface area contributed by atoms with Crippen molar-refractivity contribution in [2.45, 2.75) is 85.5 Å². The molecule has 0 spiro atoms. The van der Waals surface area contributed by atoms with Crippen molar-refractivity contribution in [3.05, 3.63) is 22.5 Å². The van der Waals surface area contributed by atoms with Crippen molar-refractivity contribution in [2.24, 2.45) is 0 Å². The molecule has 0 radical (unpaired) electrons. The molecule has 0 bridgehead atoms. The molecule has 0 aliphatic rings. The Morgan fingerprint density at radius 3 is 1.28 bits per heavy atom. The zero-order valence-electron chi connectivity index (χ0n) is 14.0. The second-order valence-electron chi connectivity index (χ2n) is 8.62. The van der Waals surface area contributed by atoms with Crippen LogP contribution in [0.2, 0.25) is 0 Å². The van der Waals surface area contributed by atoms with Gasteiger partial charge >= 0.3 is 0 Å². The third-order valence-electron chi connectivity index (χ3n) is 3.44. The van der Waals surface area contributed by atoms with E-state index in [4.69, 9.17) is 0 Å². The molecule has 0 atom stereocenters. The summed E-state index contributed by atoms with van der Waals surface area (Å²) in [6.45, 7) is 23.0. The summed E-state index contributed by atoms with van der Waals surface area (Å²) in [4.78, 5) is 3.67. The first kappa shape index (κ1) is 15.3. The van der Waals surface area contributed by atoms with Crippen molar-refractivity contribution in [3.63, 3.8) is 0 Å². The summed E-state index contributed by atoms with van der Waals surface area (Å²) in [6.07, 6.45) is 0. The summed E-state index contributed by atoms with van der Waals surface area (Å²) in [7, 11) is 0. The van der Waals surface area contributed by atoms with Crippen molar-refractivity contribution in [3.8, 4) is 0 Å². The lowest BCUT2D eigenvalue weighted by atomic mass is 9.72. The molecule has 1 heteroatoms. The zero-order chi connectivity index (χ0) is 14.5. The molecule has 104 valence electrons. The van der Waals surface area contributed by atoms with Crippen LogP contribution in [0.25, 0.3) is 0 Å². The molecule has 0 saturated carbocycles. The molecule has 1 heterocycles. The van der Waals surface area contributed by atoms with Gasteiger partial charge < -0.3 is 4.98 Å². The van der Waals surface area contributed by atoms with Gasteiger partial charge in [-0.15, -0.1) is 0 Å².